The molecule has 0 spiro atoms. The zero-order valence-corrected chi connectivity index (χ0v) is 9.90. The van der Waals surface area contributed by atoms with Crippen molar-refractivity contribution in [3.05, 3.63) is 0 Å². The number of carbonyl (C=O) groups is 2. The zero-order valence-electron chi connectivity index (χ0n) is 9.09. The average molecular weight is 245 g/mol. The van der Waals surface area contributed by atoms with E-state index in [1.165, 1.54) is 16.7 Å². The number of aliphatic carboxylic acids is 1. The van der Waals surface area contributed by atoms with Gasteiger partial charge in [0.2, 0.25) is 0 Å². The van der Waals surface area contributed by atoms with Crippen molar-refractivity contribution in [3.8, 4) is 0 Å². The first kappa shape index (κ1) is 11.7. The van der Waals surface area contributed by atoms with Crippen LogP contribution in [0.4, 0.5) is 0 Å². The van der Waals surface area contributed by atoms with Crippen molar-refractivity contribution in [1.82, 2.24) is 4.90 Å². The molecule has 1 amide bonds. The van der Waals surface area contributed by atoms with E-state index in [4.69, 9.17) is 9.84 Å². The Morgan fingerprint density at radius 3 is 2.81 bits per heavy atom. The summed E-state index contributed by atoms with van der Waals surface area (Å²) in [5.74, 6) is -0.625. The van der Waals surface area contributed by atoms with E-state index in [2.05, 4.69) is 0 Å². The Bertz CT molecular complexity index is 303. The Balaban J connectivity index is 2.10. The van der Waals surface area contributed by atoms with Crippen LogP contribution < -0.4 is 0 Å². The molecule has 6 heteroatoms. The van der Waals surface area contributed by atoms with E-state index in [1.54, 1.807) is 0 Å². The number of carbonyl (C=O) groups excluding carboxylic acids is 1. The van der Waals surface area contributed by atoms with Crippen molar-refractivity contribution in [1.29, 1.82) is 0 Å². The van der Waals surface area contributed by atoms with Gasteiger partial charge in [-0.05, 0) is 19.8 Å². The quantitative estimate of drug-likeness (QED) is 0.769. The number of hydrogen-bond donors (Lipinski definition) is 1. The number of hydrogen-bond acceptors (Lipinski definition) is 4. The van der Waals surface area contributed by atoms with Crippen molar-refractivity contribution in [2.75, 3.05) is 12.4 Å². The van der Waals surface area contributed by atoms with Gasteiger partial charge < -0.3 is 14.7 Å². The highest BCUT2D eigenvalue weighted by Crippen LogP contribution is 2.31. The number of rotatable bonds is 2. The maximum Gasteiger partial charge on any atom is 0.327 e. The van der Waals surface area contributed by atoms with E-state index >= 15 is 0 Å². The van der Waals surface area contributed by atoms with Crippen LogP contribution in [0.15, 0.2) is 0 Å². The highest BCUT2D eigenvalue weighted by Gasteiger charge is 2.42. The molecule has 5 nitrogen and oxygen atoms in total. The summed E-state index contributed by atoms with van der Waals surface area (Å²) in [4.78, 5) is 24.6. The number of carboxylic acid groups (broad SMARTS) is 1. The number of ether oxygens (including phenoxy) is 1. The molecule has 0 aliphatic carbocycles. The lowest BCUT2D eigenvalue weighted by atomic mass is 10.2. The standard InChI is InChI=1S/C10H15NO4S/c1-6-11(7(5-16-6)10(13)14)9(12)8-3-2-4-15-8/h6-8H,2-5H2,1H3,(H,13,14)/t6?,7?,8-/m0/s1. The number of amides is 1. The van der Waals surface area contributed by atoms with Crippen LogP contribution in [0.2, 0.25) is 0 Å². The van der Waals surface area contributed by atoms with Crippen molar-refractivity contribution in [2.45, 2.75) is 37.3 Å². The van der Waals surface area contributed by atoms with Gasteiger partial charge in [0.25, 0.3) is 5.91 Å². The molecular weight excluding hydrogens is 230 g/mol. The molecule has 0 radical (unpaired) electrons. The minimum atomic E-state index is -0.928. The van der Waals surface area contributed by atoms with Crippen LogP contribution in [0.5, 0.6) is 0 Å². The summed E-state index contributed by atoms with van der Waals surface area (Å²) in [5.41, 5.74) is 0. The molecule has 16 heavy (non-hydrogen) atoms. The van der Waals surface area contributed by atoms with Crippen LogP contribution in [0.25, 0.3) is 0 Å². The van der Waals surface area contributed by atoms with Crippen LogP contribution in [-0.4, -0.2) is 51.8 Å². The third kappa shape index (κ3) is 2.04. The molecular formula is C10H15NO4S. The Hall–Kier alpha value is -0.750. The van der Waals surface area contributed by atoms with Crippen LogP contribution in [0.1, 0.15) is 19.8 Å². The van der Waals surface area contributed by atoms with E-state index in [0.717, 1.165) is 6.42 Å². The van der Waals surface area contributed by atoms with Crippen LogP contribution >= 0.6 is 11.8 Å². The summed E-state index contributed by atoms with van der Waals surface area (Å²) in [5, 5.41) is 8.97. The Labute approximate surface area is 98.1 Å². The van der Waals surface area contributed by atoms with Gasteiger partial charge in [0.05, 0.1) is 5.37 Å². The summed E-state index contributed by atoms with van der Waals surface area (Å²) in [7, 11) is 0. The van der Waals surface area contributed by atoms with Crippen molar-refractivity contribution < 1.29 is 19.4 Å². The third-order valence-corrected chi connectivity index (χ3v) is 4.19. The highest BCUT2D eigenvalue weighted by molar-refractivity contribution is 8.00. The summed E-state index contributed by atoms with van der Waals surface area (Å²) in [6.45, 7) is 2.46. The first-order valence-corrected chi connectivity index (χ1v) is 6.44. The molecule has 3 atom stereocenters. The number of carboxylic acids is 1. The van der Waals surface area contributed by atoms with E-state index in [-0.39, 0.29) is 11.3 Å². The predicted octanol–water partition coefficient (Wildman–Crippen LogP) is 0.540. The van der Waals surface area contributed by atoms with Gasteiger partial charge in [-0.2, -0.15) is 0 Å². The Kier molecular flexibility index (Phi) is 3.39. The summed E-state index contributed by atoms with van der Waals surface area (Å²) in [6.07, 6.45) is 1.16. The summed E-state index contributed by atoms with van der Waals surface area (Å²) >= 11 is 1.50. The van der Waals surface area contributed by atoms with Gasteiger partial charge in [-0.15, -0.1) is 11.8 Å². The maximum atomic E-state index is 12.1. The van der Waals surface area contributed by atoms with E-state index in [1.807, 2.05) is 6.92 Å². The Morgan fingerprint density at radius 1 is 1.50 bits per heavy atom. The normalized spacial score (nSPS) is 34.3. The molecule has 0 bridgehead atoms. The van der Waals surface area contributed by atoms with Gasteiger partial charge in [-0.1, -0.05) is 0 Å². The average Bonchev–Trinajstić information content (AvgIpc) is 2.84. The lowest BCUT2D eigenvalue weighted by Crippen LogP contribution is -2.48. The molecule has 0 aromatic rings. The van der Waals surface area contributed by atoms with E-state index < -0.39 is 18.1 Å². The maximum absolute atomic E-state index is 12.1. The summed E-state index contributed by atoms with van der Waals surface area (Å²) < 4.78 is 5.31. The first-order chi connectivity index (χ1) is 7.61. The fraction of sp³-hybridized carbons (Fsp3) is 0.800. The molecule has 2 aliphatic rings. The van der Waals surface area contributed by atoms with Crippen molar-refractivity contribution >= 4 is 23.6 Å². The second kappa shape index (κ2) is 4.63. The largest absolute Gasteiger partial charge is 0.480 e. The van der Waals surface area contributed by atoms with E-state index in [0.29, 0.717) is 18.8 Å². The fourth-order valence-electron chi connectivity index (χ4n) is 2.11. The fourth-order valence-corrected chi connectivity index (χ4v) is 3.28. The van der Waals surface area contributed by atoms with E-state index in [9.17, 15) is 9.59 Å². The summed E-state index contributed by atoms with van der Waals surface area (Å²) in [6, 6.07) is -0.698. The molecule has 1 N–H and O–H groups in total. The molecule has 2 unspecified atom stereocenters. The van der Waals surface area contributed by atoms with Crippen LogP contribution in [0, 0.1) is 0 Å². The lowest BCUT2D eigenvalue weighted by molar-refractivity contribution is -0.153. The molecule has 2 fully saturated rings. The molecule has 90 valence electrons. The highest BCUT2D eigenvalue weighted by atomic mass is 32.2. The molecule has 0 saturated carbocycles. The van der Waals surface area contributed by atoms with Crippen LogP contribution in [0.3, 0.4) is 0 Å². The zero-order chi connectivity index (χ0) is 11.7. The van der Waals surface area contributed by atoms with Gasteiger partial charge in [-0.3, -0.25) is 4.79 Å². The number of thioether (sulfide) groups is 1. The molecule has 2 aliphatic heterocycles. The number of nitrogens with zero attached hydrogens (tertiary/aromatic N) is 1. The molecule has 2 saturated heterocycles. The minimum Gasteiger partial charge on any atom is -0.480 e. The monoisotopic (exact) mass is 245 g/mol. The van der Waals surface area contributed by atoms with Crippen molar-refractivity contribution in [3.63, 3.8) is 0 Å². The molecule has 0 aromatic heterocycles. The second-order valence-electron chi connectivity index (χ2n) is 4.03. The van der Waals surface area contributed by atoms with Gasteiger partial charge in [0.1, 0.15) is 12.1 Å². The van der Waals surface area contributed by atoms with Gasteiger partial charge in [-0.25, -0.2) is 4.79 Å². The topological polar surface area (TPSA) is 66.8 Å². The lowest BCUT2D eigenvalue weighted by Gasteiger charge is -2.27. The molecule has 2 rings (SSSR count). The molecule has 2 heterocycles. The minimum absolute atomic E-state index is 0.0715. The molecule has 0 aromatic carbocycles. The SMILES string of the molecule is CC1SCC(C(=O)O)N1C(=O)[C@@H]1CCCO1. The van der Waals surface area contributed by atoms with Gasteiger partial charge >= 0.3 is 5.97 Å². The first-order valence-electron chi connectivity index (χ1n) is 5.39. The van der Waals surface area contributed by atoms with Gasteiger partial charge in [0.15, 0.2) is 0 Å². The third-order valence-electron chi connectivity index (χ3n) is 2.97. The second-order valence-corrected chi connectivity index (χ2v) is 5.38. The smallest absolute Gasteiger partial charge is 0.327 e. The van der Waals surface area contributed by atoms with Crippen LogP contribution in [-0.2, 0) is 14.3 Å². The predicted molar refractivity (Wildman–Crippen MR) is 59.2 cm³/mol. The Morgan fingerprint density at radius 2 is 2.25 bits per heavy atom. The van der Waals surface area contributed by atoms with Crippen molar-refractivity contribution in [2.24, 2.45) is 0 Å². The van der Waals surface area contributed by atoms with Gasteiger partial charge in [0, 0.05) is 12.4 Å².